The number of rotatable bonds is 5. The summed E-state index contributed by atoms with van der Waals surface area (Å²) in [5.41, 5.74) is 4.99. The van der Waals surface area contributed by atoms with E-state index in [1.807, 2.05) is 0 Å². The van der Waals surface area contributed by atoms with Gasteiger partial charge in [0.15, 0.2) is 6.61 Å². The molecule has 0 aliphatic heterocycles. The molecule has 6 heteroatoms. The molecule has 14 heavy (non-hydrogen) atoms. The number of primary amides is 1. The molecule has 0 saturated heterocycles. The van der Waals surface area contributed by atoms with Crippen LogP contribution >= 0.6 is 0 Å². The standard InChI is InChI=1S/C8H14N2O4/c1-3-6(8(9)13)10-7(12)4-14-5(2)11/h6H,3-4H2,1-2H3,(H2,9,13)(H,10,12)/t6-/m1/s1. The third-order valence-electron chi connectivity index (χ3n) is 1.49. The van der Waals surface area contributed by atoms with Gasteiger partial charge in [0.05, 0.1) is 0 Å². The number of ether oxygens (including phenoxy) is 1. The van der Waals surface area contributed by atoms with E-state index in [4.69, 9.17) is 5.73 Å². The Hall–Kier alpha value is -1.59. The molecular weight excluding hydrogens is 188 g/mol. The monoisotopic (exact) mass is 202 g/mol. The molecule has 0 aliphatic rings. The number of carbonyl (C=O) groups excluding carboxylic acids is 3. The van der Waals surface area contributed by atoms with Gasteiger partial charge in [-0.25, -0.2) is 0 Å². The largest absolute Gasteiger partial charge is 0.456 e. The number of amides is 2. The first-order valence-corrected chi connectivity index (χ1v) is 4.19. The molecule has 0 aromatic heterocycles. The van der Waals surface area contributed by atoms with Gasteiger partial charge in [-0.3, -0.25) is 14.4 Å². The Labute approximate surface area is 81.8 Å². The highest BCUT2D eigenvalue weighted by molar-refractivity contribution is 5.87. The summed E-state index contributed by atoms with van der Waals surface area (Å²) in [6.45, 7) is 2.51. The average Bonchev–Trinajstić information content (AvgIpc) is 2.10. The summed E-state index contributed by atoms with van der Waals surface area (Å²) in [6.07, 6.45) is 0.404. The van der Waals surface area contributed by atoms with Crippen molar-refractivity contribution in [2.24, 2.45) is 5.73 Å². The molecule has 0 unspecified atom stereocenters. The van der Waals surface area contributed by atoms with Crippen molar-refractivity contribution < 1.29 is 19.1 Å². The lowest BCUT2D eigenvalue weighted by Gasteiger charge is -2.12. The van der Waals surface area contributed by atoms with E-state index in [2.05, 4.69) is 10.1 Å². The van der Waals surface area contributed by atoms with Crippen molar-refractivity contribution in [3.63, 3.8) is 0 Å². The predicted octanol–water partition coefficient (Wildman–Crippen LogP) is -1.07. The molecule has 0 aliphatic carbocycles. The minimum Gasteiger partial charge on any atom is -0.456 e. The van der Waals surface area contributed by atoms with E-state index in [9.17, 15) is 14.4 Å². The molecule has 0 saturated carbocycles. The maximum Gasteiger partial charge on any atom is 0.303 e. The van der Waals surface area contributed by atoms with Gasteiger partial charge in [-0.1, -0.05) is 6.92 Å². The highest BCUT2D eigenvalue weighted by atomic mass is 16.5. The first-order chi connectivity index (χ1) is 6.47. The molecule has 2 amide bonds. The van der Waals surface area contributed by atoms with E-state index >= 15 is 0 Å². The molecule has 0 heterocycles. The van der Waals surface area contributed by atoms with Crippen LogP contribution < -0.4 is 11.1 Å². The van der Waals surface area contributed by atoms with Gasteiger partial charge in [0.1, 0.15) is 6.04 Å². The van der Waals surface area contributed by atoms with Gasteiger partial charge < -0.3 is 15.8 Å². The molecule has 0 aromatic rings. The van der Waals surface area contributed by atoms with Crippen LogP contribution in [0.5, 0.6) is 0 Å². The summed E-state index contributed by atoms with van der Waals surface area (Å²) >= 11 is 0. The zero-order valence-corrected chi connectivity index (χ0v) is 8.20. The number of hydrogen-bond acceptors (Lipinski definition) is 4. The number of hydrogen-bond donors (Lipinski definition) is 2. The van der Waals surface area contributed by atoms with Crippen LogP contribution in [0.15, 0.2) is 0 Å². The molecule has 0 fully saturated rings. The molecular formula is C8H14N2O4. The minimum atomic E-state index is -0.710. The van der Waals surface area contributed by atoms with Gasteiger partial charge in [0.2, 0.25) is 5.91 Å². The summed E-state index contributed by atoms with van der Waals surface area (Å²) < 4.78 is 4.43. The number of esters is 1. The van der Waals surface area contributed by atoms with Gasteiger partial charge in [-0.15, -0.1) is 0 Å². The number of nitrogens with one attached hydrogen (secondary N) is 1. The third-order valence-corrected chi connectivity index (χ3v) is 1.49. The second kappa shape index (κ2) is 5.95. The molecule has 0 aromatic carbocycles. The second-order valence-electron chi connectivity index (χ2n) is 2.71. The second-order valence-corrected chi connectivity index (χ2v) is 2.71. The van der Waals surface area contributed by atoms with Crippen LogP contribution in [0.4, 0.5) is 0 Å². The normalized spacial score (nSPS) is 11.6. The molecule has 0 spiro atoms. The van der Waals surface area contributed by atoms with Crippen LogP contribution in [0.2, 0.25) is 0 Å². The maximum atomic E-state index is 11.0. The van der Waals surface area contributed by atoms with Crippen molar-refractivity contribution in [2.75, 3.05) is 6.61 Å². The molecule has 0 rings (SSSR count). The molecule has 0 radical (unpaired) electrons. The van der Waals surface area contributed by atoms with Gasteiger partial charge in [0, 0.05) is 6.92 Å². The Balaban J connectivity index is 3.91. The Morgan fingerprint density at radius 3 is 2.36 bits per heavy atom. The maximum absolute atomic E-state index is 11.0. The van der Waals surface area contributed by atoms with Crippen LogP contribution in [0, 0.1) is 0 Å². The van der Waals surface area contributed by atoms with Crippen molar-refractivity contribution in [1.82, 2.24) is 5.32 Å². The quantitative estimate of drug-likeness (QED) is 0.554. The fraction of sp³-hybridized carbons (Fsp3) is 0.625. The van der Waals surface area contributed by atoms with Crippen LogP contribution in [-0.2, 0) is 19.1 Å². The third kappa shape index (κ3) is 5.13. The first-order valence-electron chi connectivity index (χ1n) is 4.19. The van der Waals surface area contributed by atoms with Gasteiger partial charge in [-0.05, 0) is 6.42 Å². The van der Waals surface area contributed by atoms with Crippen molar-refractivity contribution in [2.45, 2.75) is 26.3 Å². The van der Waals surface area contributed by atoms with E-state index in [1.165, 1.54) is 6.92 Å². The van der Waals surface area contributed by atoms with Gasteiger partial charge >= 0.3 is 5.97 Å². The van der Waals surface area contributed by atoms with Crippen molar-refractivity contribution in [3.8, 4) is 0 Å². The lowest BCUT2D eigenvalue weighted by atomic mass is 10.2. The van der Waals surface area contributed by atoms with E-state index in [1.54, 1.807) is 6.92 Å². The van der Waals surface area contributed by atoms with Gasteiger partial charge in [0.25, 0.3) is 5.91 Å². The van der Waals surface area contributed by atoms with Crippen LogP contribution in [-0.4, -0.2) is 30.4 Å². The van der Waals surface area contributed by atoms with E-state index in [0.717, 1.165) is 0 Å². The summed E-state index contributed by atoms with van der Waals surface area (Å²) in [6, 6.07) is -0.710. The van der Waals surface area contributed by atoms with Crippen molar-refractivity contribution >= 4 is 17.8 Å². The van der Waals surface area contributed by atoms with Crippen molar-refractivity contribution in [3.05, 3.63) is 0 Å². The summed E-state index contributed by atoms with van der Waals surface area (Å²) in [5.74, 6) is -1.69. The minimum absolute atomic E-state index is 0.390. The smallest absolute Gasteiger partial charge is 0.303 e. The molecule has 3 N–H and O–H groups in total. The topological polar surface area (TPSA) is 98.5 Å². The number of carbonyl (C=O) groups is 3. The fourth-order valence-corrected chi connectivity index (χ4v) is 0.778. The zero-order chi connectivity index (χ0) is 11.1. The molecule has 1 atom stereocenters. The molecule has 80 valence electrons. The van der Waals surface area contributed by atoms with Crippen molar-refractivity contribution in [1.29, 1.82) is 0 Å². The van der Waals surface area contributed by atoms with E-state index in [0.29, 0.717) is 6.42 Å². The number of nitrogens with two attached hydrogens (primary N) is 1. The Bertz CT molecular complexity index is 239. The van der Waals surface area contributed by atoms with E-state index < -0.39 is 23.8 Å². The Kier molecular flexibility index (Phi) is 5.28. The van der Waals surface area contributed by atoms with Crippen LogP contribution in [0.25, 0.3) is 0 Å². The summed E-state index contributed by atoms with van der Waals surface area (Å²) in [5, 5.41) is 2.33. The van der Waals surface area contributed by atoms with Crippen LogP contribution in [0.3, 0.4) is 0 Å². The average molecular weight is 202 g/mol. The summed E-state index contributed by atoms with van der Waals surface area (Å²) in [4.78, 5) is 32.1. The Morgan fingerprint density at radius 1 is 1.43 bits per heavy atom. The first kappa shape index (κ1) is 12.4. The zero-order valence-electron chi connectivity index (χ0n) is 8.20. The fourth-order valence-electron chi connectivity index (χ4n) is 0.778. The summed E-state index contributed by atoms with van der Waals surface area (Å²) in [7, 11) is 0. The molecule has 0 bridgehead atoms. The lowest BCUT2D eigenvalue weighted by molar-refractivity contribution is -0.146. The SMILES string of the molecule is CC[C@@H](NC(=O)COC(C)=O)C(N)=O. The Morgan fingerprint density at radius 2 is 2.00 bits per heavy atom. The lowest BCUT2D eigenvalue weighted by Crippen LogP contribution is -2.45. The highest BCUT2D eigenvalue weighted by Crippen LogP contribution is 1.89. The van der Waals surface area contributed by atoms with E-state index in [-0.39, 0.29) is 6.61 Å². The highest BCUT2D eigenvalue weighted by Gasteiger charge is 2.15. The molecule has 6 nitrogen and oxygen atoms in total. The van der Waals surface area contributed by atoms with Gasteiger partial charge in [-0.2, -0.15) is 0 Å². The predicted molar refractivity (Wildman–Crippen MR) is 48.0 cm³/mol. The van der Waals surface area contributed by atoms with Crippen LogP contribution in [0.1, 0.15) is 20.3 Å².